The minimum absolute atomic E-state index is 0.132. The van der Waals surface area contributed by atoms with Gasteiger partial charge in [-0.15, -0.1) is 0 Å². The van der Waals surface area contributed by atoms with E-state index in [1.54, 1.807) is 6.92 Å². The molecule has 0 fully saturated rings. The van der Waals surface area contributed by atoms with E-state index < -0.39 is 27.8 Å². The monoisotopic (exact) mass is 378 g/mol. The highest BCUT2D eigenvalue weighted by Gasteiger charge is 2.32. The lowest BCUT2D eigenvalue weighted by Crippen LogP contribution is -2.49. The summed E-state index contributed by atoms with van der Waals surface area (Å²) in [4.78, 5) is 12.6. The van der Waals surface area contributed by atoms with Crippen molar-refractivity contribution in [2.75, 3.05) is 10.6 Å². The number of hydrogen-bond acceptors (Lipinski definition) is 3. The summed E-state index contributed by atoms with van der Waals surface area (Å²) in [5.41, 5.74) is 1.87. The zero-order valence-electron chi connectivity index (χ0n) is 15.1. The molecule has 0 saturated heterocycles. The summed E-state index contributed by atoms with van der Waals surface area (Å²) >= 11 is 0. The fourth-order valence-corrected chi connectivity index (χ4v) is 3.89. The predicted octanol–water partition coefficient (Wildman–Crippen LogP) is 3.00. The van der Waals surface area contributed by atoms with Crippen LogP contribution in [0, 0.1) is 12.7 Å². The Labute approximate surface area is 153 Å². The fourth-order valence-electron chi connectivity index (χ4n) is 2.68. The van der Waals surface area contributed by atoms with Crippen molar-refractivity contribution in [3.8, 4) is 0 Å². The molecule has 1 N–H and O–H groups in total. The van der Waals surface area contributed by atoms with Crippen LogP contribution in [0.4, 0.5) is 10.1 Å². The molecule has 0 aliphatic heterocycles. The molecule has 1 atom stereocenters. The first-order valence-corrected chi connectivity index (χ1v) is 10.2. The number of halogens is 1. The van der Waals surface area contributed by atoms with Crippen molar-refractivity contribution < 1.29 is 17.6 Å². The van der Waals surface area contributed by atoms with E-state index in [9.17, 15) is 17.6 Å². The topological polar surface area (TPSA) is 66.5 Å². The lowest BCUT2D eigenvalue weighted by atomic mass is 10.1. The Morgan fingerprint density at radius 2 is 1.77 bits per heavy atom. The highest BCUT2D eigenvalue weighted by molar-refractivity contribution is 7.92. The minimum atomic E-state index is -3.85. The van der Waals surface area contributed by atoms with Gasteiger partial charge >= 0.3 is 0 Å². The third kappa shape index (κ3) is 4.82. The summed E-state index contributed by atoms with van der Waals surface area (Å²) in [6.45, 7) is 3.92. The average Bonchev–Trinajstić information content (AvgIpc) is 2.58. The van der Waals surface area contributed by atoms with Crippen molar-refractivity contribution in [3.63, 3.8) is 0 Å². The number of para-hydroxylation sites is 1. The van der Waals surface area contributed by atoms with Gasteiger partial charge in [-0.2, -0.15) is 0 Å². The Morgan fingerprint density at radius 3 is 2.31 bits per heavy atom. The van der Waals surface area contributed by atoms with Gasteiger partial charge in [0, 0.05) is 6.54 Å². The van der Waals surface area contributed by atoms with Gasteiger partial charge in [0.15, 0.2) is 0 Å². The Morgan fingerprint density at radius 1 is 1.15 bits per heavy atom. The largest absolute Gasteiger partial charge is 0.350 e. The second kappa shape index (κ2) is 8.31. The molecule has 7 heteroatoms. The second-order valence-electron chi connectivity index (χ2n) is 6.14. The zero-order chi connectivity index (χ0) is 19.3. The lowest BCUT2D eigenvalue weighted by molar-refractivity contribution is -0.122. The standard InChI is InChI=1S/C19H23FN2O3S/c1-4-17(19(23)21-13-15-11-9-14(2)10-12-15)22(26(3,24)25)18-8-6-5-7-16(18)20/h5-12,17H,4,13H2,1-3H3,(H,21,23)/t17-/m0/s1. The molecule has 0 radical (unpaired) electrons. The van der Waals surface area contributed by atoms with E-state index in [0.29, 0.717) is 0 Å². The van der Waals surface area contributed by atoms with Gasteiger partial charge in [0.1, 0.15) is 11.9 Å². The van der Waals surface area contributed by atoms with Crippen LogP contribution in [0.2, 0.25) is 0 Å². The van der Waals surface area contributed by atoms with E-state index in [1.165, 1.54) is 24.3 Å². The number of carbonyl (C=O) groups is 1. The molecule has 1 amide bonds. The smallest absolute Gasteiger partial charge is 0.244 e. The van der Waals surface area contributed by atoms with Crippen LogP contribution < -0.4 is 9.62 Å². The van der Waals surface area contributed by atoms with E-state index in [1.807, 2.05) is 31.2 Å². The number of hydrogen-bond donors (Lipinski definition) is 1. The SMILES string of the molecule is CC[C@@H](C(=O)NCc1ccc(C)cc1)N(c1ccccc1F)S(C)(=O)=O. The van der Waals surface area contributed by atoms with Crippen molar-refractivity contribution in [1.82, 2.24) is 5.32 Å². The summed E-state index contributed by atoms with van der Waals surface area (Å²) in [6, 6.07) is 12.1. The third-order valence-electron chi connectivity index (χ3n) is 4.01. The van der Waals surface area contributed by atoms with E-state index >= 15 is 0 Å². The van der Waals surface area contributed by atoms with Gasteiger partial charge in [0.25, 0.3) is 0 Å². The molecule has 26 heavy (non-hydrogen) atoms. The van der Waals surface area contributed by atoms with E-state index in [4.69, 9.17) is 0 Å². The number of anilines is 1. The van der Waals surface area contributed by atoms with Gasteiger partial charge in [-0.1, -0.05) is 48.9 Å². The van der Waals surface area contributed by atoms with Crippen LogP contribution in [0.15, 0.2) is 48.5 Å². The Balaban J connectivity index is 2.25. The van der Waals surface area contributed by atoms with Gasteiger partial charge < -0.3 is 5.32 Å². The van der Waals surface area contributed by atoms with Gasteiger partial charge in [-0.3, -0.25) is 9.10 Å². The molecule has 5 nitrogen and oxygen atoms in total. The molecule has 2 aromatic rings. The molecule has 0 aliphatic carbocycles. The first-order valence-electron chi connectivity index (χ1n) is 8.31. The number of aryl methyl sites for hydroxylation is 1. The number of sulfonamides is 1. The molecule has 0 unspecified atom stereocenters. The number of rotatable bonds is 7. The molecular weight excluding hydrogens is 355 g/mol. The van der Waals surface area contributed by atoms with Crippen LogP contribution in [-0.4, -0.2) is 26.6 Å². The van der Waals surface area contributed by atoms with Crippen LogP contribution in [0.1, 0.15) is 24.5 Å². The Kier molecular flexibility index (Phi) is 6.37. The maximum absolute atomic E-state index is 14.2. The van der Waals surface area contributed by atoms with Crippen molar-refractivity contribution in [2.45, 2.75) is 32.9 Å². The van der Waals surface area contributed by atoms with Crippen LogP contribution in [-0.2, 0) is 21.4 Å². The van der Waals surface area contributed by atoms with Gasteiger partial charge in [-0.25, -0.2) is 12.8 Å². The molecule has 0 saturated carbocycles. The third-order valence-corrected chi connectivity index (χ3v) is 5.17. The second-order valence-corrected chi connectivity index (χ2v) is 8.00. The first-order chi connectivity index (χ1) is 12.2. The molecule has 0 bridgehead atoms. The number of benzene rings is 2. The normalized spacial score (nSPS) is 12.5. The molecule has 0 spiro atoms. The molecule has 0 aromatic heterocycles. The van der Waals surface area contributed by atoms with Gasteiger partial charge in [0.05, 0.1) is 11.9 Å². The summed E-state index contributed by atoms with van der Waals surface area (Å²) in [7, 11) is -3.85. The first kappa shape index (κ1) is 19.9. The van der Waals surface area contributed by atoms with Crippen LogP contribution in [0.5, 0.6) is 0 Å². The van der Waals surface area contributed by atoms with Gasteiger partial charge in [-0.05, 0) is 31.0 Å². The van der Waals surface area contributed by atoms with Crippen LogP contribution >= 0.6 is 0 Å². The molecule has 0 heterocycles. The minimum Gasteiger partial charge on any atom is -0.350 e. The molecule has 0 aliphatic rings. The molecule has 2 rings (SSSR count). The summed E-state index contributed by atoms with van der Waals surface area (Å²) < 4.78 is 39.6. The molecular formula is C19H23FN2O3S. The fraction of sp³-hybridized carbons (Fsp3) is 0.316. The molecule has 140 valence electrons. The number of amides is 1. The van der Waals surface area contributed by atoms with E-state index in [2.05, 4.69) is 5.32 Å². The van der Waals surface area contributed by atoms with Crippen molar-refractivity contribution in [2.24, 2.45) is 0 Å². The Bertz CT molecular complexity index is 867. The van der Waals surface area contributed by atoms with Crippen LogP contribution in [0.25, 0.3) is 0 Å². The quantitative estimate of drug-likeness (QED) is 0.805. The number of nitrogens with one attached hydrogen (secondary N) is 1. The maximum Gasteiger partial charge on any atom is 0.244 e. The number of carbonyl (C=O) groups excluding carboxylic acids is 1. The van der Waals surface area contributed by atoms with Crippen molar-refractivity contribution >= 4 is 21.6 Å². The van der Waals surface area contributed by atoms with Gasteiger partial charge in [0.2, 0.25) is 15.9 Å². The average molecular weight is 378 g/mol. The lowest BCUT2D eigenvalue weighted by Gasteiger charge is -2.30. The summed E-state index contributed by atoms with van der Waals surface area (Å²) in [5.74, 6) is -1.16. The van der Waals surface area contributed by atoms with Crippen molar-refractivity contribution in [1.29, 1.82) is 0 Å². The van der Waals surface area contributed by atoms with Crippen LogP contribution in [0.3, 0.4) is 0 Å². The predicted molar refractivity (Wildman–Crippen MR) is 101 cm³/mol. The van der Waals surface area contributed by atoms with E-state index in [0.717, 1.165) is 21.7 Å². The highest BCUT2D eigenvalue weighted by atomic mass is 32.2. The number of nitrogens with zero attached hydrogens (tertiary/aromatic N) is 1. The van der Waals surface area contributed by atoms with E-state index in [-0.39, 0.29) is 18.7 Å². The summed E-state index contributed by atoms with van der Waals surface area (Å²) in [6.07, 6.45) is 1.18. The summed E-state index contributed by atoms with van der Waals surface area (Å²) in [5, 5.41) is 2.74. The maximum atomic E-state index is 14.2. The Hall–Kier alpha value is -2.41. The zero-order valence-corrected chi connectivity index (χ0v) is 15.9. The van der Waals surface area contributed by atoms with Crippen molar-refractivity contribution in [3.05, 3.63) is 65.5 Å². The molecule has 2 aromatic carbocycles. The highest BCUT2D eigenvalue weighted by Crippen LogP contribution is 2.25.